The second-order valence-corrected chi connectivity index (χ2v) is 6.10. The van der Waals surface area contributed by atoms with Crippen molar-refractivity contribution in [1.29, 1.82) is 0 Å². The lowest BCUT2D eigenvalue weighted by Crippen LogP contribution is -2.51. The highest BCUT2D eigenvalue weighted by Crippen LogP contribution is 2.23. The van der Waals surface area contributed by atoms with Gasteiger partial charge < -0.3 is 10.6 Å². The Balaban J connectivity index is 0.00000161. The third-order valence-electron chi connectivity index (χ3n) is 3.64. The first-order valence-electron chi connectivity index (χ1n) is 6.91. The Morgan fingerprint density at radius 2 is 2.00 bits per heavy atom. The summed E-state index contributed by atoms with van der Waals surface area (Å²) >= 11 is 1.70. The van der Waals surface area contributed by atoms with Gasteiger partial charge >= 0.3 is 0 Å². The molecule has 1 aromatic carbocycles. The summed E-state index contributed by atoms with van der Waals surface area (Å²) in [5.41, 5.74) is 1.25. The van der Waals surface area contributed by atoms with E-state index in [4.69, 9.17) is 0 Å². The van der Waals surface area contributed by atoms with Crippen LogP contribution in [-0.4, -0.2) is 19.0 Å². The van der Waals surface area contributed by atoms with Gasteiger partial charge in [-0.2, -0.15) is 0 Å². The molecule has 3 rings (SSSR count). The first kappa shape index (κ1) is 16.0. The molecule has 1 atom stereocenters. The van der Waals surface area contributed by atoms with Crippen molar-refractivity contribution >= 4 is 29.7 Å². The lowest BCUT2D eigenvalue weighted by molar-refractivity contribution is -0.127. The van der Waals surface area contributed by atoms with E-state index in [9.17, 15) is 4.79 Å². The van der Waals surface area contributed by atoms with Crippen molar-refractivity contribution in [3.8, 4) is 0 Å². The summed E-state index contributed by atoms with van der Waals surface area (Å²) in [4.78, 5) is 13.4. The molecule has 0 spiro atoms. The Morgan fingerprint density at radius 3 is 2.57 bits per heavy atom. The SMILES string of the molecule is Cl.O=C(NC(Cc1ccccc1)c1cccs1)C1CNC1. The Hall–Kier alpha value is -1.36. The fraction of sp³-hybridized carbons (Fsp3) is 0.312. The smallest absolute Gasteiger partial charge is 0.226 e. The summed E-state index contributed by atoms with van der Waals surface area (Å²) in [7, 11) is 0. The van der Waals surface area contributed by atoms with Crippen molar-refractivity contribution in [2.75, 3.05) is 13.1 Å². The van der Waals surface area contributed by atoms with Gasteiger partial charge in [-0.25, -0.2) is 0 Å². The molecule has 1 fully saturated rings. The molecule has 0 aliphatic carbocycles. The van der Waals surface area contributed by atoms with Crippen molar-refractivity contribution in [3.05, 3.63) is 58.3 Å². The zero-order valence-electron chi connectivity index (χ0n) is 11.6. The Morgan fingerprint density at radius 1 is 1.24 bits per heavy atom. The number of carbonyl (C=O) groups excluding carboxylic acids is 1. The highest BCUT2D eigenvalue weighted by Gasteiger charge is 2.27. The number of thiophene rings is 1. The number of rotatable bonds is 5. The van der Waals surface area contributed by atoms with Crippen molar-refractivity contribution < 1.29 is 4.79 Å². The highest BCUT2D eigenvalue weighted by molar-refractivity contribution is 7.10. The fourth-order valence-electron chi connectivity index (χ4n) is 2.33. The second-order valence-electron chi connectivity index (χ2n) is 5.12. The summed E-state index contributed by atoms with van der Waals surface area (Å²) < 4.78 is 0. The van der Waals surface area contributed by atoms with Crippen molar-refractivity contribution in [2.24, 2.45) is 5.92 Å². The highest BCUT2D eigenvalue weighted by atomic mass is 35.5. The number of nitrogens with one attached hydrogen (secondary N) is 2. The van der Waals surface area contributed by atoms with Gasteiger partial charge in [0.2, 0.25) is 5.91 Å². The molecule has 1 aromatic heterocycles. The maximum absolute atomic E-state index is 12.2. The number of benzene rings is 1. The van der Waals surface area contributed by atoms with E-state index in [1.807, 2.05) is 24.3 Å². The minimum Gasteiger partial charge on any atom is -0.348 e. The first-order chi connectivity index (χ1) is 9.83. The molecule has 21 heavy (non-hydrogen) atoms. The van der Waals surface area contributed by atoms with E-state index in [1.165, 1.54) is 10.4 Å². The van der Waals surface area contributed by atoms with Crippen molar-refractivity contribution in [3.63, 3.8) is 0 Å². The number of carbonyl (C=O) groups is 1. The number of halogens is 1. The molecular formula is C16H19ClN2OS. The number of hydrogen-bond acceptors (Lipinski definition) is 3. The van der Waals surface area contributed by atoms with Crippen LogP contribution >= 0.6 is 23.7 Å². The second kappa shape index (κ2) is 7.59. The summed E-state index contributed by atoms with van der Waals surface area (Å²) in [6.07, 6.45) is 0.841. The largest absolute Gasteiger partial charge is 0.348 e. The van der Waals surface area contributed by atoms with Gasteiger partial charge in [0.15, 0.2) is 0 Å². The molecule has 0 radical (unpaired) electrons. The zero-order valence-corrected chi connectivity index (χ0v) is 13.3. The quantitative estimate of drug-likeness (QED) is 0.888. The predicted octanol–water partition coefficient (Wildman–Crippen LogP) is 2.79. The van der Waals surface area contributed by atoms with Gasteiger partial charge in [-0.15, -0.1) is 23.7 Å². The number of hydrogen-bond donors (Lipinski definition) is 2. The first-order valence-corrected chi connectivity index (χ1v) is 7.79. The summed E-state index contributed by atoms with van der Waals surface area (Å²) in [5, 5.41) is 8.40. The van der Waals surface area contributed by atoms with Crippen molar-refractivity contribution in [1.82, 2.24) is 10.6 Å². The summed E-state index contributed by atoms with van der Waals surface area (Å²) in [5.74, 6) is 0.298. The van der Waals surface area contributed by atoms with Crippen LogP contribution in [0.2, 0.25) is 0 Å². The minimum absolute atomic E-state index is 0. The molecule has 1 aliphatic heterocycles. The molecule has 0 bridgehead atoms. The van der Waals surface area contributed by atoms with Crippen LogP contribution in [-0.2, 0) is 11.2 Å². The molecule has 2 aromatic rings. The normalized spacial score (nSPS) is 15.6. The zero-order chi connectivity index (χ0) is 13.8. The molecule has 2 N–H and O–H groups in total. The third kappa shape index (κ3) is 4.06. The lowest BCUT2D eigenvalue weighted by Gasteiger charge is -2.28. The molecule has 1 aliphatic rings. The molecule has 1 amide bonds. The summed E-state index contributed by atoms with van der Waals surface area (Å²) in [6, 6.07) is 14.5. The van der Waals surface area contributed by atoms with Gasteiger partial charge in [0.05, 0.1) is 12.0 Å². The topological polar surface area (TPSA) is 41.1 Å². The lowest BCUT2D eigenvalue weighted by atomic mass is 10.00. The van der Waals surface area contributed by atoms with E-state index in [2.05, 4.69) is 34.2 Å². The van der Waals surface area contributed by atoms with E-state index in [1.54, 1.807) is 11.3 Å². The molecule has 2 heterocycles. The fourth-order valence-corrected chi connectivity index (χ4v) is 3.10. The number of amides is 1. The van der Waals surface area contributed by atoms with Crippen LogP contribution in [0.4, 0.5) is 0 Å². The van der Waals surface area contributed by atoms with E-state index in [-0.39, 0.29) is 30.3 Å². The monoisotopic (exact) mass is 322 g/mol. The van der Waals surface area contributed by atoms with Gasteiger partial charge in [-0.3, -0.25) is 4.79 Å². The molecule has 1 saturated heterocycles. The van der Waals surface area contributed by atoms with E-state index < -0.39 is 0 Å². The Bertz CT molecular complexity index is 555. The Kier molecular flexibility index (Phi) is 5.79. The minimum atomic E-state index is 0. The molecule has 5 heteroatoms. The van der Waals surface area contributed by atoms with E-state index in [0.717, 1.165) is 19.5 Å². The maximum Gasteiger partial charge on any atom is 0.226 e. The van der Waals surface area contributed by atoms with E-state index >= 15 is 0 Å². The maximum atomic E-state index is 12.2. The predicted molar refractivity (Wildman–Crippen MR) is 89.0 cm³/mol. The Labute approximate surface area is 135 Å². The van der Waals surface area contributed by atoms with Crippen LogP contribution in [0.3, 0.4) is 0 Å². The van der Waals surface area contributed by atoms with Gasteiger partial charge in [-0.05, 0) is 23.4 Å². The van der Waals surface area contributed by atoms with Crippen LogP contribution in [0.25, 0.3) is 0 Å². The van der Waals surface area contributed by atoms with Crippen LogP contribution in [0, 0.1) is 5.92 Å². The molecular weight excluding hydrogens is 304 g/mol. The van der Waals surface area contributed by atoms with Crippen LogP contribution in [0.1, 0.15) is 16.5 Å². The van der Waals surface area contributed by atoms with Gasteiger partial charge in [0.25, 0.3) is 0 Å². The van der Waals surface area contributed by atoms with Crippen LogP contribution in [0.5, 0.6) is 0 Å². The molecule has 112 valence electrons. The molecule has 0 saturated carbocycles. The standard InChI is InChI=1S/C16H18N2OS.ClH/c19-16(13-10-17-11-13)18-14(15-7-4-8-20-15)9-12-5-2-1-3-6-12;/h1-8,13-14,17H,9-11H2,(H,18,19);1H. The molecule has 1 unspecified atom stereocenters. The van der Waals surface area contributed by atoms with Gasteiger partial charge in [0.1, 0.15) is 0 Å². The van der Waals surface area contributed by atoms with Gasteiger partial charge in [-0.1, -0.05) is 36.4 Å². The van der Waals surface area contributed by atoms with Crippen LogP contribution in [0.15, 0.2) is 47.8 Å². The average Bonchev–Trinajstić information content (AvgIpc) is 2.91. The third-order valence-corrected chi connectivity index (χ3v) is 4.62. The summed E-state index contributed by atoms with van der Waals surface area (Å²) in [6.45, 7) is 1.60. The van der Waals surface area contributed by atoms with Crippen molar-refractivity contribution in [2.45, 2.75) is 12.5 Å². The van der Waals surface area contributed by atoms with Crippen LogP contribution < -0.4 is 10.6 Å². The van der Waals surface area contributed by atoms with Gasteiger partial charge in [0, 0.05) is 18.0 Å². The van der Waals surface area contributed by atoms with E-state index in [0.29, 0.717) is 0 Å². The molecule has 3 nitrogen and oxygen atoms in total. The average molecular weight is 323 g/mol.